The van der Waals surface area contributed by atoms with E-state index in [-0.39, 0.29) is 5.02 Å². The molecule has 0 fully saturated rings. The molecule has 4 nitrogen and oxygen atoms in total. The topological polar surface area (TPSA) is 41.1 Å². The zero-order chi connectivity index (χ0) is 18.1. The Hall–Kier alpha value is -2.66. The average Bonchev–Trinajstić information content (AvgIpc) is 2.64. The molecule has 1 aromatic heterocycles. The van der Waals surface area contributed by atoms with Crippen molar-refractivity contribution in [3.63, 3.8) is 0 Å². The summed E-state index contributed by atoms with van der Waals surface area (Å²) >= 11 is 5.86. The molecule has 4 rings (SSSR count). The van der Waals surface area contributed by atoms with Gasteiger partial charge in [-0.15, -0.1) is 0 Å². The highest BCUT2D eigenvalue weighted by atomic mass is 35.5. The number of aromatic nitrogens is 2. The van der Waals surface area contributed by atoms with Crippen LogP contribution in [0.2, 0.25) is 5.02 Å². The smallest absolute Gasteiger partial charge is 0.227 e. The van der Waals surface area contributed by atoms with E-state index in [9.17, 15) is 4.39 Å². The number of benzene rings is 2. The van der Waals surface area contributed by atoms with E-state index in [1.807, 2.05) is 13.0 Å². The van der Waals surface area contributed by atoms with Gasteiger partial charge in [0.1, 0.15) is 11.6 Å². The van der Waals surface area contributed by atoms with Gasteiger partial charge in [0.15, 0.2) is 0 Å². The van der Waals surface area contributed by atoms with Gasteiger partial charge in [-0.2, -0.15) is 4.98 Å². The van der Waals surface area contributed by atoms with Crippen LogP contribution in [0.4, 0.5) is 21.8 Å². The molecular formula is C20H18ClFN4. The van der Waals surface area contributed by atoms with Crippen molar-refractivity contribution in [2.45, 2.75) is 19.9 Å². The standard InChI is InChI=1S/C20H18ClFN4/c1-13-10-19(24-16-6-7-18(22)17(21)11-16)25-20(23-13)26-9-8-14-4-2-3-5-15(14)12-26/h2-7,10-11H,8-9,12H2,1H3,(H,23,24,25). The number of hydrogen-bond acceptors (Lipinski definition) is 4. The van der Waals surface area contributed by atoms with E-state index in [0.29, 0.717) is 17.5 Å². The Morgan fingerprint density at radius 3 is 2.69 bits per heavy atom. The molecule has 0 aliphatic carbocycles. The van der Waals surface area contributed by atoms with Crippen LogP contribution in [-0.2, 0) is 13.0 Å². The van der Waals surface area contributed by atoms with Gasteiger partial charge in [0.05, 0.1) is 5.02 Å². The van der Waals surface area contributed by atoms with Crippen LogP contribution in [0, 0.1) is 12.7 Å². The summed E-state index contributed by atoms with van der Waals surface area (Å²) in [5.74, 6) is 0.910. The molecular weight excluding hydrogens is 351 g/mol. The number of aryl methyl sites for hydroxylation is 1. The Morgan fingerprint density at radius 2 is 1.88 bits per heavy atom. The third-order valence-electron chi connectivity index (χ3n) is 4.45. The van der Waals surface area contributed by atoms with Gasteiger partial charge in [-0.25, -0.2) is 9.37 Å². The SMILES string of the molecule is Cc1cc(Nc2ccc(F)c(Cl)c2)nc(N2CCc3ccccc3C2)n1. The van der Waals surface area contributed by atoms with Crippen molar-refractivity contribution in [2.75, 3.05) is 16.8 Å². The zero-order valence-corrected chi connectivity index (χ0v) is 15.1. The van der Waals surface area contributed by atoms with Gasteiger partial charge < -0.3 is 10.2 Å². The van der Waals surface area contributed by atoms with Gasteiger partial charge in [0.25, 0.3) is 0 Å². The number of hydrogen-bond donors (Lipinski definition) is 1. The van der Waals surface area contributed by atoms with Crippen LogP contribution < -0.4 is 10.2 Å². The molecule has 2 aromatic carbocycles. The highest BCUT2D eigenvalue weighted by Crippen LogP contribution is 2.25. The Kier molecular flexibility index (Phi) is 4.47. The maximum absolute atomic E-state index is 13.3. The van der Waals surface area contributed by atoms with E-state index in [1.165, 1.54) is 17.2 Å². The molecule has 26 heavy (non-hydrogen) atoms. The molecule has 0 saturated carbocycles. The first kappa shape index (κ1) is 16.8. The fraction of sp³-hybridized carbons (Fsp3) is 0.200. The van der Waals surface area contributed by atoms with Gasteiger partial charge in [-0.3, -0.25) is 0 Å². The van der Waals surface area contributed by atoms with Crippen molar-refractivity contribution < 1.29 is 4.39 Å². The predicted octanol–water partition coefficient (Wildman–Crippen LogP) is 4.88. The molecule has 1 aliphatic heterocycles. The molecule has 1 N–H and O–H groups in total. The van der Waals surface area contributed by atoms with Crippen molar-refractivity contribution in [1.29, 1.82) is 0 Å². The molecule has 6 heteroatoms. The lowest BCUT2D eigenvalue weighted by atomic mass is 10.0. The van der Waals surface area contributed by atoms with Gasteiger partial charge in [-0.1, -0.05) is 35.9 Å². The maximum Gasteiger partial charge on any atom is 0.227 e. The number of anilines is 3. The molecule has 0 bridgehead atoms. The van der Waals surface area contributed by atoms with Crippen LogP contribution in [0.1, 0.15) is 16.8 Å². The van der Waals surface area contributed by atoms with Crippen LogP contribution >= 0.6 is 11.6 Å². The van der Waals surface area contributed by atoms with Crippen molar-refractivity contribution in [3.8, 4) is 0 Å². The van der Waals surface area contributed by atoms with Crippen LogP contribution in [0.25, 0.3) is 0 Å². The Morgan fingerprint density at radius 1 is 1.08 bits per heavy atom. The number of rotatable bonds is 3. The first-order valence-corrected chi connectivity index (χ1v) is 8.86. The van der Waals surface area contributed by atoms with Gasteiger partial charge in [-0.05, 0) is 42.7 Å². The van der Waals surface area contributed by atoms with E-state index < -0.39 is 5.82 Å². The van der Waals surface area contributed by atoms with Crippen molar-refractivity contribution in [1.82, 2.24) is 9.97 Å². The first-order chi connectivity index (χ1) is 12.6. The third kappa shape index (κ3) is 3.48. The normalized spacial score (nSPS) is 13.4. The summed E-state index contributed by atoms with van der Waals surface area (Å²) in [6.07, 6.45) is 0.976. The number of fused-ring (bicyclic) bond motifs is 1. The third-order valence-corrected chi connectivity index (χ3v) is 4.74. The molecule has 3 aromatic rings. The van der Waals surface area contributed by atoms with Crippen LogP contribution in [0.5, 0.6) is 0 Å². The van der Waals surface area contributed by atoms with Gasteiger partial charge in [0, 0.05) is 30.5 Å². The molecule has 0 saturated heterocycles. The van der Waals surface area contributed by atoms with Crippen molar-refractivity contribution >= 4 is 29.1 Å². The summed E-state index contributed by atoms with van der Waals surface area (Å²) in [5.41, 5.74) is 4.24. The summed E-state index contributed by atoms with van der Waals surface area (Å²) < 4.78 is 13.3. The van der Waals surface area contributed by atoms with Crippen molar-refractivity contribution in [2.24, 2.45) is 0 Å². The summed E-state index contributed by atoms with van der Waals surface area (Å²) in [7, 11) is 0. The predicted molar refractivity (Wildman–Crippen MR) is 103 cm³/mol. The van der Waals surface area contributed by atoms with Gasteiger partial charge >= 0.3 is 0 Å². The van der Waals surface area contributed by atoms with E-state index in [2.05, 4.69) is 44.5 Å². The van der Waals surface area contributed by atoms with Crippen LogP contribution in [0.3, 0.4) is 0 Å². The largest absolute Gasteiger partial charge is 0.340 e. The summed E-state index contributed by atoms with van der Waals surface area (Å²) in [6, 6.07) is 14.8. The number of nitrogens with zero attached hydrogens (tertiary/aromatic N) is 3. The molecule has 0 radical (unpaired) electrons. The number of halogens is 2. The second-order valence-electron chi connectivity index (χ2n) is 6.39. The zero-order valence-electron chi connectivity index (χ0n) is 14.3. The van der Waals surface area contributed by atoms with E-state index in [1.54, 1.807) is 12.1 Å². The molecule has 132 valence electrons. The highest BCUT2D eigenvalue weighted by molar-refractivity contribution is 6.31. The Labute approximate surface area is 156 Å². The fourth-order valence-electron chi connectivity index (χ4n) is 3.15. The highest BCUT2D eigenvalue weighted by Gasteiger charge is 2.19. The molecule has 0 amide bonds. The minimum absolute atomic E-state index is 0.0774. The lowest BCUT2D eigenvalue weighted by Crippen LogP contribution is -2.32. The molecule has 1 aliphatic rings. The Bertz CT molecular complexity index is 960. The summed E-state index contributed by atoms with van der Waals surface area (Å²) in [6.45, 7) is 3.61. The minimum Gasteiger partial charge on any atom is -0.340 e. The second-order valence-corrected chi connectivity index (χ2v) is 6.80. The lowest BCUT2D eigenvalue weighted by Gasteiger charge is -2.29. The molecule has 0 spiro atoms. The van der Waals surface area contributed by atoms with Gasteiger partial charge in [0.2, 0.25) is 5.95 Å². The van der Waals surface area contributed by atoms with Crippen LogP contribution in [0.15, 0.2) is 48.5 Å². The average molecular weight is 369 g/mol. The van der Waals surface area contributed by atoms with Crippen molar-refractivity contribution in [3.05, 3.63) is 76.2 Å². The number of nitrogens with one attached hydrogen (secondary N) is 1. The first-order valence-electron chi connectivity index (χ1n) is 8.48. The monoisotopic (exact) mass is 368 g/mol. The molecule has 0 unspecified atom stereocenters. The summed E-state index contributed by atoms with van der Waals surface area (Å²) in [4.78, 5) is 11.4. The fourth-order valence-corrected chi connectivity index (χ4v) is 3.33. The van der Waals surface area contributed by atoms with E-state index in [0.717, 1.165) is 25.2 Å². The maximum atomic E-state index is 13.3. The molecule has 2 heterocycles. The van der Waals surface area contributed by atoms with Crippen LogP contribution in [-0.4, -0.2) is 16.5 Å². The minimum atomic E-state index is -0.441. The van der Waals surface area contributed by atoms with E-state index >= 15 is 0 Å². The lowest BCUT2D eigenvalue weighted by molar-refractivity contribution is 0.628. The Balaban J connectivity index is 1.59. The second kappa shape index (κ2) is 6.92. The molecule has 0 atom stereocenters. The van der Waals surface area contributed by atoms with E-state index in [4.69, 9.17) is 11.6 Å². The quantitative estimate of drug-likeness (QED) is 0.715. The summed E-state index contributed by atoms with van der Waals surface area (Å²) in [5, 5.41) is 3.26.